The van der Waals surface area contributed by atoms with Crippen LogP contribution in [0, 0.1) is 0 Å². The maximum atomic E-state index is 6.25. The molecule has 19 heavy (non-hydrogen) atoms. The zero-order valence-electron chi connectivity index (χ0n) is 10.4. The first-order chi connectivity index (χ1) is 8.24. The lowest BCUT2D eigenvalue weighted by molar-refractivity contribution is 0.203. The van der Waals surface area contributed by atoms with Crippen LogP contribution >= 0.6 is 48.0 Å². The van der Waals surface area contributed by atoms with Gasteiger partial charge in [-0.3, -0.25) is 4.90 Å². The second-order valence-corrected chi connectivity index (χ2v) is 4.92. The van der Waals surface area contributed by atoms with Gasteiger partial charge in [0.15, 0.2) is 0 Å². The van der Waals surface area contributed by atoms with Crippen molar-refractivity contribution >= 4 is 48.0 Å². The number of piperazine rings is 1. The molecule has 0 aromatic heterocycles. The number of halogens is 4. The maximum absolute atomic E-state index is 6.25. The highest BCUT2D eigenvalue weighted by Gasteiger charge is 2.23. The number of benzene rings is 1. The first kappa shape index (κ1) is 19.0. The van der Waals surface area contributed by atoms with Gasteiger partial charge in [0.25, 0.3) is 0 Å². The van der Waals surface area contributed by atoms with Crippen LogP contribution in [0.1, 0.15) is 11.6 Å². The van der Waals surface area contributed by atoms with Gasteiger partial charge in [0.2, 0.25) is 0 Å². The molecule has 1 N–H and O–H groups in total. The molecule has 1 heterocycles. The van der Waals surface area contributed by atoms with E-state index in [4.69, 9.17) is 23.2 Å². The molecule has 0 aliphatic carbocycles. The first-order valence-corrected chi connectivity index (χ1v) is 6.51. The Balaban J connectivity index is 0.00000162. The Kier molecular flexibility index (Phi) is 9.08. The van der Waals surface area contributed by atoms with E-state index in [-0.39, 0.29) is 30.9 Å². The van der Waals surface area contributed by atoms with Gasteiger partial charge in [0, 0.05) is 41.8 Å². The summed E-state index contributed by atoms with van der Waals surface area (Å²) in [5.41, 5.74) is 0.965. The fourth-order valence-corrected chi connectivity index (χ4v) is 2.82. The Labute approximate surface area is 137 Å². The van der Waals surface area contributed by atoms with Crippen LogP contribution in [0.3, 0.4) is 0 Å². The van der Waals surface area contributed by atoms with Gasteiger partial charge >= 0.3 is 0 Å². The molecule has 0 saturated carbocycles. The van der Waals surface area contributed by atoms with E-state index in [0.29, 0.717) is 10.0 Å². The van der Waals surface area contributed by atoms with Crippen LogP contribution in [-0.2, 0) is 0 Å². The van der Waals surface area contributed by atoms with Crippen LogP contribution in [0.25, 0.3) is 0 Å². The summed E-state index contributed by atoms with van der Waals surface area (Å²) >= 11 is 12.5. The molecule has 1 aromatic rings. The molecule has 0 radical (unpaired) electrons. The van der Waals surface area contributed by atoms with Crippen molar-refractivity contribution in [2.75, 3.05) is 26.2 Å². The SMILES string of the molecule is C=C[C@H](c1c(Cl)cccc1Cl)N1CCNCC1.Cl.Cl. The van der Waals surface area contributed by atoms with Crippen molar-refractivity contribution in [1.29, 1.82) is 0 Å². The van der Waals surface area contributed by atoms with Crippen molar-refractivity contribution in [2.24, 2.45) is 0 Å². The van der Waals surface area contributed by atoms with Crippen molar-refractivity contribution in [2.45, 2.75) is 6.04 Å². The Bertz CT molecular complexity index is 385. The zero-order valence-corrected chi connectivity index (χ0v) is 13.6. The summed E-state index contributed by atoms with van der Waals surface area (Å²) in [7, 11) is 0. The van der Waals surface area contributed by atoms with E-state index in [1.807, 2.05) is 24.3 Å². The molecule has 108 valence electrons. The standard InChI is InChI=1S/C13H16Cl2N2.2ClH/c1-2-12(17-8-6-16-7-9-17)13-10(14)4-3-5-11(13)15;;/h2-5,12,16H,1,6-9H2;2*1H/t12-;;/m1../s1. The third-order valence-corrected chi connectivity index (χ3v) is 3.72. The summed E-state index contributed by atoms with van der Waals surface area (Å²) in [6, 6.07) is 5.72. The molecule has 1 fully saturated rings. The van der Waals surface area contributed by atoms with Crippen molar-refractivity contribution in [3.8, 4) is 0 Å². The number of nitrogens with zero attached hydrogens (tertiary/aromatic N) is 1. The smallest absolute Gasteiger partial charge is 0.0559 e. The van der Waals surface area contributed by atoms with Crippen LogP contribution in [0.15, 0.2) is 30.9 Å². The van der Waals surface area contributed by atoms with Crippen molar-refractivity contribution in [1.82, 2.24) is 10.2 Å². The quantitative estimate of drug-likeness (QED) is 0.835. The molecule has 1 aromatic carbocycles. The fraction of sp³-hybridized carbons (Fsp3) is 0.385. The Morgan fingerprint density at radius 2 is 1.68 bits per heavy atom. The van der Waals surface area contributed by atoms with Gasteiger partial charge < -0.3 is 5.32 Å². The van der Waals surface area contributed by atoms with E-state index >= 15 is 0 Å². The van der Waals surface area contributed by atoms with E-state index in [1.54, 1.807) is 0 Å². The molecular formula is C13H18Cl4N2. The average molecular weight is 344 g/mol. The third kappa shape index (κ3) is 4.52. The van der Waals surface area contributed by atoms with Crippen molar-refractivity contribution < 1.29 is 0 Å². The predicted octanol–water partition coefficient (Wildman–Crippen LogP) is 3.97. The highest BCUT2D eigenvalue weighted by atomic mass is 35.5. The third-order valence-electron chi connectivity index (χ3n) is 3.06. The molecular weight excluding hydrogens is 326 g/mol. The van der Waals surface area contributed by atoms with Gasteiger partial charge in [-0.25, -0.2) is 0 Å². The maximum Gasteiger partial charge on any atom is 0.0559 e. The van der Waals surface area contributed by atoms with Gasteiger partial charge in [-0.1, -0.05) is 35.3 Å². The fourth-order valence-electron chi connectivity index (χ4n) is 2.20. The second kappa shape index (κ2) is 9.06. The number of hydrogen-bond acceptors (Lipinski definition) is 2. The molecule has 2 nitrogen and oxygen atoms in total. The first-order valence-electron chi connectivity index (χ1n) is 5.75. The van der Waals surface area contributed by atoms with Crippen molar-refractivity contribution in [3.63, 3.8) is 0 Å². The minimum absolute atomic E-state index is 0. The van der Waals surface area contributed by atoms with Gasteiger partial charge in [-0.2, -0.15) is 0 Å². The molecule has 1 aliphatic rings. The van der Waals surface area contributed by atoms with Crippen LogP contribution < -0.4 is 5.32 Å². The molecule has 0 amide bonds. The normalized spacial score (nSPS) is 16.9. The molecule has 0 bridgehead atoms. The largest absolute Gasteiger partial charge is 0.314 e. The lowest BCUT2D eigenvalue weighted by atomic mass is 10.0. The monoisotopic (exact) mass is 342 g/mol. The number of hydrogen-bond donors (Lipinski definition) is 1. The minimum Gasteiger partial charge on any atom is -0.314 e. The molecule has 1 saturated heterocycles. The van der Waals surface area contributed by atoms with E-state index in [2.05, 4.69) is 16.8 Å². The highest BCUT2D eigenvalue weighted by molar-refractivity contribution is 6.36. The summed E-state index contributed by atoms with van der Waals surface area (Å²) < 4.78 is 0. The van der Waals surface area contributed by atoms with Gasteiger partial charge in [-0.05, 0) is 12.1 Å². The topological polar surface area (TPSA) is 15.3 Å². The summed E-state index contributed by atoms with van der Waals surface area (Å²) in [4.78, 5) is 2.34. The van der Waals surface area contributed by atoms with E-state index in [9.17, 15) is 0 Å². The Morgan fingerprint density at radius 1 is 1.16 bits per heavy atom. The van der Waals surface area contributed by atoms with Gasteiger partial charge in [0.05, 0.1) is 6.04 Å². The number of nitrogens with one attached hydrogen (secondary N) is 1. The minimum atomic E-state index is 0. The van der Waals surface area contributed by atoms with Crippen LogP contribution in [0.4, 0.5) is 0 Å². The van der Waals surface area contributed by atoms with Crippen molar-refractivity contribution in [3.05, 3.63) is 46.5 Å². The average Bonchev–Trinajstić information content (AvgIpc) is 2.35. The summed E-state index contributed by atoms with van der Waals surface area (Å²) in [6.45, 7) is 7.87. The van der Waals surface area contributed by atoms with E-state index in [0.717, 1.165) is 31.7 Å². The number of rotatable bonds is 3. The predicted molar refractivity (Wildman–Crippen MR) is 88.3 cm³/mol. The Hall–Kier alpha value is 0.0400. The molecule has 1 aliphatic heterocycles. The molecule has 1 atom stereocenters. The van der Waals surface area contributed by atoms with Crippen LogP contribution in [0.2, 0.25) is 10.0 Å². The lowest BCUT2D eigenvalue weighted by Crippen LogP contribution is -2.44. The van der Waals surface area contributed by atoms with Gasteiger partial charge in [-0.15, -0.1) is 31.4 Å². The van der Waals surface area contributed by atoms with E-state index < -0.39 is 0 Å². The lowest BCUT2D eigenvalue weighted by Gasteiger charge is -2.34. The van der Waals surface area contributed by atoms with Crippen LogP contribution in [-0.4, -0.2) is 31.1 Å². The summed E-state index contributed by atoms with van der Waals surface area (Å²) in [6.07, 6.45) is 1.92. The second-order valence-electron chi connectivity index (χ2n) is 4.10. The van der Waals surface area contributed by atoms with Gasteiger partial charge in [0.1, 0.15) is 0 Å². The molecule has 0 spiro atoms. The van der Waals surface area contributed by atoms with Crippen LogP contribution in [0.5, 0.6) is 0 Å². The Morgan fingerprint density at radius 3 is 2.16 bits per heavy atom. The summed E-state index contributed by atoms with van der Waals surface area (Å²) in [5.74, 6) is 0. The summed E-state index contributed by atoms with van der Waals surface area (Å²) in [5, 5.41) is 4.75. The molecule has 2 rings (SSSR count). The van der Waals surface area contributed by atoms with E-state index in [1.165, 1.54) is 0 Å². The molecule has 6 heteroatoms. The highest BCUT2D eigenvalue weighted by Crippen LogP contribution is 2.34. The molecule has 0 unspecified atom stereocenters. The zero-order chi connectivity index (χ0) is 12.3.